The lowest BCUT2D eigenvalue weighted by atomic mass is 10.3. The number of thioether (sulfide) groups is 1. The minimum absolute atomic E-state index is 0.475. The first-order valence-corrected chi connectivity index (χ1v) is 4.04. The fourth-order valence-corrected chi connectivity index (χ4v) is 1.68. The van der Waals surface area contributed by atoms with Gasteiger partial charge in [-0.3, -0.25) is 10.1 Å². The Hall–Kier alpha value is -0.770. The molecule has 0 spiro atoms. The number of nitrogens with zero attached hydrogens (tertiary/aromatic N) is 2. The van der Waals surface area contributed by atoms with Crippen molar-refractivity contribution in [3.05, 3.63) is 18.0 Å². The van der Waals surface area contributed by atoms with Crippen LogP contribution in [0.1, 0.15) is 10.9 Å². The molecule has 1 aromatic heterocycles. The number of H-pyrrole nitrogens is 1. The minimum atomic E-state index is 0.475. The Morgan fingerprint density at radius 1 is 1.70 bits per heavy atom. The maximum absolute atomic E-state index is 4.11. The molecule has 0 radical (unpaired) electrons. The predicted octanol–water partition coefficient (Wildman–Crippen LogP) is 1.23. The van der Waals surface area contributed by atoms with E-state index in [0.717, 1.165) is 6.54 Å². The monoisotopic (exact) mass is 153 g/mol. The van der Waals surface area contributed by atoms with Crippen molar-refractivity contribution >= 4 is 17.3 Å². The van der Waals surface area contributed by atoms with E-state index in [-0.39, 0.29) is 0 Å². The van der Waals surface area contributed by atoms with Crippen molar-refractivity contribution in [1.82, 2.24) is 10.2 Å². The van der Waals surface area contributed by atoms with Crippen molar-refractivity contribution < 1.29 is 0 Å². The van der Waals surface area contributed by atoms with E-state index < -0.39 is 0 Å². The minimum Gasteiger partial charge on any atom is -0.285 e. The first-order valence-electron chi connectivity index (χ1n) is 3.10. The summed E-state index contributed by atoms with van der Waals surface area (Å²) in [6, 6.07) is 1.99. The Morgan fingerprint density at radius 2 is 2.70 bits per heavy atom. The zero-order chi connectivity index (χ0) is 6.81. The van der Waals surface area contributed by atoms with Crippen molar-refractivity contribution in [2.75, 3.05) is 6.54 Å². The van der Waals surface area contributed by atoms with Gasteiger partial charge in [0.05, 0.1) is 23.0 Å². The molecule has 4 heteroatoms. The zero-order valence-corrected chi connectivity index (χ0v) is 6.14. The average Bonchev–Trinajstić information content (AvgIpc) is 2.59. The van der Waals surface area contributed by atoms with Gasteiger partial charge < -0.3 is 0 Å². The second-order valence-electron chi connectivity index (χ2n) is 2.11. The smallest absolute Gasteiger partial charge is 0.0715 e. The molecule has 0 aromatic carbocycles. The maximum Gasteiger partial charge on any atom is 0.0715 e. The third kappa shape index (κ3) is 0.945. The summed E-state index contributed by atoms with van der Waals surface area (Å²) in [7, 11) is 0. The quantitative estimate of drug-likeness (QED) is 0.659. The van der Waals surface area contributed by atoms with E-state index in [0.29, 0.717) is 5.25 Å². The highest BCUT2D eigenvalue weighted by Crippen LogP contribution is 2.29. The number of aromatic nitrogens is 2. The van der Waals surface area contributed by atoms with E-state index in [9.17, 15) is 0 Å². The van der Waals surface area contributed by atoms with Crippen LogP contribution in [0.2, 0.25) is 0 Å². The molecule has 1 aliphatic heterocycles. The van der Waals surface area contributed by atoms with Gasteiger partial charge in [-0.1, -0.05) is 0 Å². The van der Waals surface area contributed by atoms with E-state index in [4.69, 9.17) is 0 Å². The number of hydrogen-bond acceptors (Lipinski definition) is 3. The molecule has 1 unspecified atom stereocenters. The molecule has 10 heavy (non-hydrogen) atoms. The van der Waals surface area contributed by atoms with E-state index >= 15 is 0 Å². The van der Waals surface area contributed by atoms with Crippen LogP contribution in [0, 0.1) is 0 Å². The highest BCUT2D eigenvalue weighted by Gasteiger charge is 2.14. The Morgan fingerprint density at radius 3 is 3.30 bits per heavy atom. The maximum atomic E-state index is 4.11. The molecule has 3 nitrogen and oxygen atoms in total. The molecule has 1 N–H and O–H groups in total. The normalized spacial score (nSPS) is 23.8. The number of hydrogen-bond donors (Lipinski definition) is 1. The third-order valence-electron chi connectivity index (χ3n) is 1.44. The van der Waals surface area contributed by atoms with Gasteiger partial charge in [0.1, 0.15) is 0 Å². The molecule has 0 saturated carbocycles. The zero-order valence-electron chi connectivity index (χ0n) is 5.32. The van der Waals surface area contributed by atoms with Gasteiger partial charge in [-0.2, -0.15) is 5.10 Å². The lowest BCUT2D eigenvalue weighted by Crippen LogP contribution is -1.93. The second kappa shape index (κ2) is 2.46. The lowest BCUT2D eigenvalue weighted by Gasteiger charge is -2.00. The highest BCUT2D eigenvalue weighted by atomic mass is 32.2. The highest BCUT2D eigenvalue weighted by molar-refractivity contribution is 8.12. The first kappa shape index (κ1) is 5.97. The fraction of sp³-hybridized carbons (Fsp3) is 0.333. The summed E-state index contributed by atoms with van der Waals surface area (Å²) in [6.45, 7) is 0.882. The van der Waals surface area contributed by atoms with Crippen molar-refractivity contribution in [2.24, 2.45) is 4.99 Å². The van der Waals surface area contributed by atoms with Crippen LogP contribution in [0.25, 0.3) is 0 Å². The molecule has 2 heterocycles. The Balaban J connectivity index is 2.14. The summed E-state index contributed by atoms with van der Waals surface area (Å²) in [5, 5.41) is 7.28. The third-order valence-corrected chi connectivity index (χ3v) is 2.44. The van der Waals surface area contributed by atoms with Gasteiger partial charge >= 0.3 is 0 Å². The summed E-state index contributed by atoms with van der Waals surface area (Å²) in [5.41, 5.74) is 3.06. The fourth-order valence-electron chi connectivity index (χ4n) is 0.916. The van der Waals surface area contributed by atoms with Crippen LogP contribution in [0.3, 0.4) is 0 Å². The van der Waals surface area contributed by atoms with E-state index in [2.05, 4.69) is 15.2 Å². The molecule has 0 aliphatic carbocycles. The van der Waals surface area contributed by atoms with Gasteiger partial charge in [0.15, 0.2) is 0 Å². The van der Waals surface area contributed by atoms with Gasteiger partial charge in [0.25, 0.3) is 0 Å². The topological polar surface area (TPSA) is 41.0 Å². The van der Waals surface area contributed by atoms with Gasteiger partial charge in [-0.25, -0.2) is 0 Å². The lowest BCUT2D eigenvalue weighted by molar-refractivity contribution is 0.898. The van der Waals surface area contributed by atoms with Gasteiger partial charge in [0.2, 0.25) is 0 Å². The van der Waals surface area contributed by atoms with Crippen molar-refractivity contribution in [1.29, 1.82) is 0 Å². The standard InChI is InChI=1S/C6H7N3S/c1-2-8-9-5(1)6-3-7-4-10-6/h1-2,4,6H,3H2,(H,8,9). The van der Waals surface area contributed by atoms with Crippen LogP contribution in [0.15, 0.2) is 17.3 Å². The Kier molecular flexibility index (Phi) is 1.47. The van der Waals surface area contributed by atoms with Crippen LogP contribution >= 0.6 is 11.8 Å². The van der Waals surface area contributed by atoms with Crippen LogP contribution in [0.5, 0.6) is 0 Å². The number of rotatable bonds is 1. The molecular formula is C6H7N3S. The number of nitrogens with one attached hydrogen (secondary N) is 1. The molecular weight excluding hydrogens is 146 g/mol. The van der Waals surface area contributed by atoms with Crippen molar-refractivity contribution in [3.63, 3.8) is 0 Å². The molecule has 1 aliphatic rings. The second-order valence-corrected chi connectivity index (χ2v) is 3.16. The molecule has 1 aromatic rings. The molecule has 2 rings (SSSR count). The van der Waals surface area contributed by atoms with Crippen molar-refractivity contribution in [3.8, 4) is 0 Å². The van der Waals surface area contributed by atoms with Crippen LogP contribution < -0.4 is 0 Å². The average molecular weight is 153 g/mol. The molecule has 0 amide bonds. The van der Waals surface area contributed by atoms with Crippen molar-refractivity contribution in [2.45, 2.75) is 5.25 Å². The molecule has 52 valence electrons. The Bertz CT molecular complexity index is 221. The van der Waals surface area contributed by atoms with Gasteiger partial charge in [-0.05, 0) is 6.07 Å². The van der Waals surface area contributed by atoms with Crippen LogP contribution in [-0.4, -0.2) is 22.3 Å². The number of aliphatic imine (C=N–C) groups is 1. The summed E-state index contributed by atoms with van der Waals surface area (Å²) < 4.78 is 0. The summed E-state index contributed by atoms with van der Waals surface area (Å²) in [5.74, 6) is 0. The largest absolute Gasteiger partial charge is 0.285 e. The predicted molar refractivity (Wildman–Crippen MR) is 42.3 cm³/mol. The first-order chi connectivity index (χ1) is 4.97. The summed E-state index contributed by atoms with van der Waals surface area (Å²) in [4.78, 5) is 4.11. The van der Waals surface area contributed by atoms with Gasteiger partial charge in [-0.15, -0.1) is 11.8 Å². The molecule has 1 atom stereocenters. The molecule has 0 bridgehead atoms. The molecule has 0 fully saturated rings. The number of aromatic amines is 1. The van der Waals surface area contributed by atoms with E-state index in [1.165, 1.54) is 5.69 Å². The van der Waals surface area contributed by atoms with Crippen LogP contribution in [0.4, 0.5) is 0 Å². The van der Waals surface area contributed by atoms with Gasteiger partial charge in [0, 0.05) is 6.20 Å². The summed E-state index contributed by atoms with van der Waals surface area (Å²) >= 11 is 1.74. The SMILES string of the molecule is C1=NCC(c2ccn[nH]2)S1. The summed E-state index contributed by atoms with van der Waals surface area (Å²) in [6.07, 6.45) is 1.77. The molecule has 0 saturated heterocycles. The van der Waals surface area contributed by atoms with E-state index in [1.807, 2.05) is 11.6 Å². The van der Waals surface area contributed by atoms with Crippen LogP contribution in [-0.2, 0) is 0 Å². The Labute approximate surface area is 62.9 Å². The van der Waals surface area contributed by atoms with E-state index in [1.54, 1.807) is 18.0 Å².